The Bertz CT molecular complexity index is 655. The highest BCUT2D eigenvalue weighted by Gasteiger charge is 2.28. The Morgan fingerprint density at radius 1 is 1.00 bits per heavy atom. The minimum atomic E-state index is -0.521. The summed E-state index contributed by atoms with van der Waals surface area (Å²) in [7, 11) is 0. The molecule has 2 aromatic carbocycles. The largest absolute Gasteiger partial charge is 0.460 e. The third kappa shape index (κ3) is 4.77. The number of ketones is 1. The number of hydrogen-bond acceptors (Lipinski definition) is 4. The van der Waals surface area contributed by atoms with Gasteiger partial charge in [-0.05, 0) is 5.56 Å². The van der Waals surface area contributed by atoms with E-state index in [0.29, 0.717) is 5.56 Å². The number of benzene rings is 2. The quantitative estimate of drug-likeness (QED) is 0.597. The number of hydrogen-bond donors (Lipinski definition) is 1. The summed E-state index contributed by atoms with van der Waals surface area (Å²) < 4.78 is 5.49. The molecular formula is C20H23NO3. The van der Waals surface area contributed by atoms with Gasteiger partial charge in [-0.3, -0.25) is 9.59 Å². The van der Waals surface area contributed by atoms with Gasteiger partial charge in [-0.25, -0.2) is 0 Å². The summed E-state index contributed by atoms with van der Waals surface area (Å²) in [4.78, 5) is 24.3. The first kappa shape index (κ1) is 17.9. The molecule has 0 unspecified atom stereocenters. The number of ether oxygens (including phenoxy) is 1. The summed E-state index contributed by atoms with van der Waals surface area (Å²) in [5, 5.41) is 0. The second-order valence-corrected chi connectivity index (χ2v) is 5.63. The van der Waals surface area contributed by atoms with Crippen molar-refractivity contribution in [3.63, 3.8) is 0 Å². The molecule has 2 aromatic rings. The summed E-state index contributed by atoms with van der Waals surface area (Å²) in [5.74, 6) is -0.562. The first-order chi connectivity index (χ1) is 11.7. The van der Waals surface area contributed by atoms with Crippen LogP contribution >= 0.6 is 0 Å². The van der Waals surface area contributed by atoms with E-state index >= 15 is 0 Å². The van der Waals surface area contributed by atoms with Crippen molar-refractivity contribution in [3.8, 4) is 0 Å². The predicted molar refractivity (Wildman–Crippen MR) is 93.8 cm³/mol. The maximum absolute atomic E-state index is 12.6. The molecule has 0 amide bonds. The van der Waals surface area contributed by atoms with Crippen LogP contribution in [-0.2, 0) is 9.53 Å². The van der Waals surface area contributed by atoms with Crippen LogP contribution < -0.4 is 5.73 Å². The van der Waals surface area contributed by atoms with Crippen molar-refractivity contribution in [1.82, 2.24) is 0 Å². The molecule has 0 aliphatic heterocycles. The monoisotopic (exact) mass is 325 g/mol. The molecule has 0 aliphatic rings. The molecule has 126 valence electrons. The Morgan fingerprint density at radius 3 is 2.12 bits per heavy atom. The van der Waals surface area contributed by atoms with Gasteiger partial charge < -0.3 is 10.5 Å². The Labute approximate surface area is 142 Å². The van der Waals surface area contributed by atoms with E-state index in [1.165, 1.54) is 0 Å². The van der Waals surface area contributed by atoms with Gasteiger partial charge in [-0.15, -0.1) is 0 Å². The van der Waals surface area contributed by atoms with E-state index in [1.807, 2.05) is 48.5 Å². The number of nitrogens with two attached hydrogens (primary N) is 1. The summed E-state index contributed by atoms with van der Waals surface area (Å²) >= 11 is 0. The van der Waals surface area contributed by atoms with E-state index < -0.39 is 6.10 Å². The van der Waals surface area contributed by atoms with Gasteiger partial charge in [0, 0.05) is 30.9 Å². The first-order valence-electron chi connectivity index (χ1n) is 8.18. The van der Waals surface area contributed by atoms with Crippen LogP contribution in [0.5, 0.6) is 0 Å². The molecule has 0 fully saturated rings. The smallest absolute Gasteiger partial charge is 0.305 e. The van der Waals surface area contributed by atoms with E-state index in [2.05, 4.69) is 0 Å². The average molecular weight is 325 g/mol. The van der Waals surface area contributed by atoms with Crippen LogP contribution in [-0.4, -0.2) is 24.4 Å². The van der Waals surface area contributed by atoms with Gasteiger partial charge in [-0.1, -0.05) is 67.6 Å². The fourth-order valence-electron chi connectivity index (χ4n) is 2.65. The van der Waals surface area contributed by atoms with Crippen molar-refractivity contribution >= 4 is 11.8 Å². The standard InChI is InChI=1S/C20H23NO3/c1-2-20(23)24-19(14-21)17(15-9-5-3-6-10-15)13-18(22)16-11-7-4-8-12-16/h3-12,17,19H,2,13-14,21H2,1H3/t17-,19+/m0/s1. The normalized spacial score (nSPS) is 13.1. The van der Waals surface area contributed by atoms with Gasteiger partial charge in [-0.2, -0.15) is 0 Å². The molecule has 0 bridgehead atoms. The van der Waals surface area contributed by atoms with Crippen molar-refractivity contribution in [2.75, 3.05) is 6.54 Å². The average Bonchev–Trinajstić information content (AvgIpc) is 2.65. The third-order valence-corrected chi connectivity index (χ3v) is 3.98. The molecule has 0 spiro atoms. The molecule has 0 heterocycles. The molecule has 2 N–H and O–H groups in total. The van der Waals surface area contributed by atoms with Crippen LogP contribution in [0.1, 0.15) is 41.6 Å². The molecule has 2 rings (SSSR count). The highest BCUT2D eigenvalue weighted by molar-refractivity contribution is 5.96. The lowest BCUT2D eigenvalue weighted by atomic mass is 9.87. The maximum atomic E-state index is 12.6. The van der Waals surface area contributed by atoms with Crippen LogP contribution in [0.2, 0.25) is 0 Å². The topological polar surface area (TPSA) is 69.4 Å². The zero-order valence-electron chi connectivity index (χ0n) is 13.9. The summed E-state index contributed by atoms with van der Waals surface area (Å²) in [6, 6.07) is 18.7. The Balaban J connectivity index is 2.25. The number of rotatable bonds is 8. The van der Waals surface area contributed by atoms with Gasteiger partial charge in [0.2, 0.25) is 0 Å². The lowest BCUT2D eigenvalue weighted by Crippen LogP contribution is -2.34. The lowest BCUT2D eigenvalue weighted by Gasteiger charge is -2.26. The molecule has 2 atom stereocenters. The van der Waals surface area contributed by atoms with Crippen molar-refractivity contribution in [2.45, 2.75) is 31.8 Å². The van der Waals surface area contributed by atoms with Crippen LogP contribution in [0, 0.1) is 0 Å². The maximum Gasteiger partial charge on any atom is 0.305 e. The van der Waals surface area contributed by atoms with Crippen molar-refractivity contribution in [3.05, 3.63) is 71.8 Å². The Morgan fingerprint density at radius 2 is 1.58 bits per heavy atom. The molecule has 4 nitrogen and oxygen atoms in total. The van der Waals surface area contributed by atoms with Crippen LogP contribution in [0.3, 0.4) is 0 Å². The molecular weight excluding hydrogens is 302 g/mol. The van der Waals surface area contributed by atoms with Gasteiger partial charge in [0.05, 0.1) is 0 Å². The summed E-state index contributed by atoms with van der Waals surface area (Å²) in [5.41, 5.74) is 7.43. The Kier molecular flexibility index (Phi) is 6.70. The highest BCUT2D eigenvalue weighted by Crippen LogP contribution is 2.27. The molecule has 0 aromatic heterocycles. The predicted octanol–water partition coefficient (Wildman–Crippen LogP) is 3.32. The third-order valence-electron chi connectivity index (χ3n) is 3.98. The number of Topliss-reactive ketones (excluding diaryl/α,β-unsaturated/α-hetero) is 1. The molecule has 0 radical (unpaired) electrons. The van der Waals surface area contributed by atoms with Gasteiger partial charge in [0.25, 0.3) is 0 Å². The van der Waals surface area contributed by atoms with Gasteiger partial charge in [0.15, 0.2) is 5.78 Å². The molecule has 0 saturated carbocycles. The first-order valence-corrected chi connectivity index (χ1v) is 8.18. The SMILES string of the molecule is CCC(=O)O[C@H](CN)[C@@H](CC(=O)c1ccccc1)c1ccccc1. The molecule has 4 heteroatoms. The van der Waals surface area contributed by atoms with E-state index in [1.54, 1.807) is 19.1 Å². The summed E-state index contributed by atoms with van der Waals surface area (Å²) in [6.45, 7) is 1.91. The van der Waals surface area contributed by atoms with Crippen molar-refractivity contribution < 1.29 is 14.3 Å². The minimum Gasteiger partial charge on any atom is -0.460 e. The van der Waals surface area contributed by atoms with E-state index in [-0.39, 0.29) is 37.1 Å². The fourth-order valence-corrected chi connectivity index (χ4v) is 2.65. The van der Waals surface area contributed by atoms with Crippen LogP contribution in [0.25, 0.3) is 0 Å². The zero-order valence-corrected chi connectivity index (χ0v) is 13.9. The highest BCUT2D eigenvalue weighted by atomic mass is 16.5. The van der Waals surface area contributed by atoms with E-state index in [9.17, 15) is 9.59 Å². The van der Waals surface area contributed by atoms with Crippen molar-refractivity contribution in [1.29, 1.82) is 0 Å². The fraction of sp³-hybridized carbons (Fsp3) is 0.300. The minimum absolute atomic E-state index is 0.00968. The Hall–Kier alpha value is -2.46. The van der Waals surface area contributed by atoms with Crippen molar-refractivity contribution in [2.24, 2.45) is 5.73 Å². The second kappa shape index (κ2) is 8.99. The van der Waals surface area contributed by atoms with Crippen LogP contribution in [0.15, 0.2) is 60.7 Å². The molecule has 0 aliphatic carbocycles. The number of carbonyl (C=O) groups is 2. The summed E-state index contributed by atoms with van der Waals surface area (Å²) in [6.07, 6.45) is 0.00450. The van der Waals surface area contributed by atoms with Crippen LogP contribution in [0.4, 0.5) is 0 Å². The molecule has 24 heavy (non-hydrogen) atoms. The van der Waals surface area contributed by atoms with E-state index in [0.717, 1.165) is 5.56 Å². The van der Waals surface area contributed by atoms with Gasteiger partial charge >= 0.3 is 5.97 Å². The van der Waals surface area contributed by atoms with Gasteiger partial charge in [0.1, 0.15) is 6.10 Å². The van der Waals surface area contributed by atoms with E-state index in [4.69, 9.17) is 10.5 Å². The lowest BCUT2D eigenvalue weighted by molar-refractivity contribution is -0.149. The number of carbonyl (C=O) groups excluding carboxylic acids is 2. The molecule has 0 saturated heterocycles. The number of esters is 1. The zero-order chi connectivity index (χ0) is 17.4. The second-order valence-electron chi connectivity index (χ2n) is 5.63.